The topological polar surface area (TPSA) is 32.5 Å². The Morgan fingerprint density at radius 1 is 1.45 bits per heavy atom. The highest BCUT2D eigenvalue weighted by atomic mass is 79.9. The van der Waals surface area contributed by atoms with Gasteiger partial charge in [-0.05, 0) is 61.4 Å². The molecule has 0 bridgehead atoms. The molecule has 0 aliphatic carbocycles. The molecule has 1 aliphatic rings. The van der Waals surface area contributed by atoms with Crippen molar-refractivity contribution in [2.24, 2.45) is 5.73 Å². The molecule has 0 aromatic carbocycles. The van der Waals surface area contributed by atoms with E-state index < -0.39 is 0 Å². The van der Waals surface area contributed by atoms with Gasteiger partial charge in [0.05, 0.1) is 9.83 Å². The molecule has 3 atom stereocenters. The molecule has 114 valence electrons. The lowest BCUT2D eigenvalue weighted by Crippen LogP contribution is -2.47. The van der Waals surface area contributed by atoms with Crippen molar-refractivity contribution in [2.45, 2.75) is 44.8 Å². The zero-order valence-electron chi connectivity index (χ0n) is 12.7. The summed E-state index contributed by atoms with van der Waals surface area (Å²) >= 11 is 5.40. The lowest BCUT2D eigenvalue weighted by Gasteiger charge is -2.38. The average molecular weight is 360 g/mol. The smallest absolute Gasteiger partial charge is 0.0702 e. The van der Waals surface area contributed by atoms with Gasteiger partial charge in [-0.1, -0.05) is 6.92 Å². The first kappa shape index (κ1) is 16.4. The molecule has 1 aromatic rings. The number of rotatable bonds is 4. The normalized spacial score (nSPS) is 25.4. The van der Waals surface area contributed by atoms with E-state index in [1.807, 2.05) is 11.3 Å². The molecule has 1 saturated heterocycles. The van der Waals surface area contributed by atoms with Gasteiger partial charge in [0, 0.05) is 30.1 Å². The first-order chi connectivity index (χ1) is 9.52. The third kappa shape index (κ3) is 3.83. The highest BCUT2D eigenvalue weighted by Gasteiger charge is 2.32. The largest absolute Gasteiger partial charge is 0.326 e. The van der Waals surface area contributed by atoms with E-state index in [9.17, 15) is 0 Å². The van der Waals surface area contributed by atoms with Crippen LogP contribution in [0.1, 0.15) is 37.6 Å². The van der Waals surface area contributed by atoms with Gasteiger partial charge in [-0.15, -0.1) is 11.3 Å². The molecule has 2 N–H and O–H groups in total. The summed E-state index contributed by atoms with van der Waals surface area (Å²) in [6.07, 6.45) is 2.41. The van der Waals surface area contributed by atoms with Gasteiger partial charge in [0.2, 0.25) is 0 Å². The monoisotopic (exact) mass is 359 g/mol. The van der Waals surface area contributed by atoms with Crippen LogP contribution in [0.4, 0.5) is 0 Å². The van der Waals surface area contributed by atoms with Crippen LogP contribution in [0.15, 0.2) is 15.9 Å². The maximum Gasteiger partial charge on any atom is 0.0702 e. The van der Waals surface area contributed by atoms with Crippen LogP contribution in [0.2, 0.25) is 0 Å². The van der Waals surface area contributed by atoms with Gasteiger partial charge in [-0.2, -0.15) is 0 Å². The number of hydrogen-bond acceptors (Lipinski definition) is 4. The molecule has 5 heteroatoms. The van der Waals surface area contributed by atoms with Gasteiger partial charge in [0.1, 0.15) is 0 Å². The lowest BCUT2D eigenvalue weighted by molar-refractivity contribution is 0.115. The number of thiophene rings is 1. The van der Waals surface area contributed by atoms with Crippen LogP contribution >= 0.6 is 27.3 Å². The average Bonchev–Trinajstić information content (AvgIpc) is 2.71. The molecule has 20 heavy (non-hydrogen) atoms. The van der Waals surface area contributed by atoms with Crippen molar-refractivity contribution < 1.29 is 0 Å². The SMILES string of the molecule is CCC1CN(C)CCCN1C(c1ccc(Br)s1)C(C)N. The minimum atomic E-state index is 0.151. The van der Waals surface area contributed by atoms with Gasteiger partial charge in [0.25, 0.3) is 0 Å². The second-order valence-corrected chi connectivity index (χ2v) is 8.36. The maximum absolute atomic E-state index is 6.35. The van der Waals surface area contributed by atoms with Gasteiger partial charge in [-0.25, -0.2) is 0 Å². The molecule has 0 spiro atoms. The molecule has 2 rings (SSSR count). The lowest BCUT2D eigenvalue weighted by atomic mass is 10.0. The van der Waals surface area contributed by atoms with E-state index in [1.165, 1.54) is 28.0 Å². The molecule has 1 aromatic heterocycles. The van der Waals surface area contributed by atoms with Crippen LogP contribution in [0.3, 0.4) is 0 Å². The Bertz CT molecular complexity index is 421. The zero-order chi connectivity index (χ0) is 14.7. The Kier molecular flexibility index (Phi) is 6.05. The number of halogens is 1. The van der Waals surface area contributed by atoms with Gasteiger partial charge in [-0.3, -0.25) is 4.90 Å². The summed E-state index contributed by atoms with van der Waals surface area (Å²) in [7, 11) is 2.23. The fourth-order valence-electron chi connectivity index (χ4n) is 3.20. The molecule has 3 nitrogen and oxygen atoms in total. The molecular weight excluding hydrogens is 334 g/mol. The van der Waals surface area contributed by atoms with Crippen molar-refractivity contribution in [3.05, 3.63) is 20.8 Å². The standard InChI is InChI=1S/C15H26BrN3S/c1-4-12-10-18(3)8-5-9-19(12)15(11(2)17)13-6-7-14(16)20-13/h6-7,11-12,15H,4-5,8-10,17H2,1-3H3. The van der Waals surface area contributed by atoms with E-state index in [-0.39, 0.29) is 6.04 Å². The molecule has 3 unspecified atom stereocenters. The summed E-state index contributed by atoms with van der Waals surface area (Å²) in [5, 5.41) is 0. The third-order valence-corrected chi connectivity index (χ3v) is 5.85. The third-order valence-electron chi connectivity index (χ3n) is 4.16. The summed E-state index contributed by atoms with van der Waals surface area (Å²) in [6, 6.07) is 5.45. The van der Waals surface area contributed by atoms with E-state index in [1.54, 1.807) is 0 Å². The number of likely N-dealkylation sites (N-methyl/N-ethyl adjacent to an activating group) is 1. The molecule has 0 saturated carbocycles. The Hall–Kier alpha value is 0.0600. The Labute approximate surface area is 135 Å². The number of nitrogens with two attached hydrogens (primary N) is 1. The molecule has 2 heterocycles. The molecule has 1 aliphatic heterocycles. The molecule has 0 amide bonds. The predicted molar refractivity (Wildman–Crippen MR) is 91.3 cm³/mol. The van der Waals surface area contributed by atoms with Crippen LogP contribution in [-0.4, -0.2) is 48.6 Å². The Morgan fingerprint density at radius 2 is 2.20 bits per heavy atom. The summed E-state index contributed by atoms with van der Waals surface area (Å²) in [4.78, 5) is 6.48. The van der Waals surface area contributed by atoms with Gasteiger partial charge in [0.15, 0.2) is 0 Å². The summed E-state index contributed by atoms with van der Waals surface area (Å²) in [5.74, 6) is 0. The van der Waals surface area contributed by atoms with E-state index >= 15 is 0 Å². The highest BCUT2D eigenvalue weighted by Crippen LogP contribution is 2.34. The summed E-state index contributed by atoms with van der Waals surface area (Å²) in [6.45, 7) is 7.91. The quantitative estimate of drug-likeness (QED) is 0.894. The zero-order valence-corrected chi connectivity index (χ0v) is 15.1. The Balaban J connectivity index is 2.26. The first-order valence-corrected chi connectivity index (χ1v) is 9.09. The van der Waals surface area contributed by atoms with Crippen LogP contribution < -0.4 is 5.73 Å². The second kappa shape index (κ2) is 7.36. The van der Waals surface area contributed by atoms with Crippen LogP contribution in [0.25, 0.3) is 0 Å². The minimum Gasteiger partial charge on any atom is -0.326 e. The fraction of sp³-hybridized carbons (Fsp3) is 0.733. The van der Waals surface area contributed by atoms with Crippen molar-refractivity contribution in [1.29, 1.82) is 0 Å². The molecule has 0 radical (unpaired) electrons. The van der Waals surface area contributed by atoms with Crippen molar-refractivity contribution in [3.8, 4) is 0 Å². The van der Waals surface area contributed by atoms with E-state index in [2.05, 4.69) is 58.8 Å². The summed E-state index contributed by atoms with van der Waals surface area (Å²) < 4.78 is 1.19. The van der Waals surface area contributed by atoms with Gasteiger partial charge >= 0.3 is 0 Å². The highest BCUT2D eigenvalue weighted by molar-refractivity contribution is 9.11. The van der Waals surface area contributed by atoms with Crippen LogP contribution in [0.5, 0.6) is 0 Å². The van der Waals surface area contributed by atoms with E-state index in [4.69, 9.17) is 5.73 Å². The minimum absolute atomic E-state index is 0.151. The fourth-order valence-corrected chi connectivity index (χ4v) is 4.86. The van der Waals surface area contributed by atoms with Crippen molar-refractivity contribution in [1.82, 2.24) is 9.80 Å². The Morgan fingerprint density at radius 3 is 2.75 bits per heavy atom. The van der Waals surface area contributed by atoms with E-state index in [0.717, 1.165) is 13.1 Å². The van der Waals surface area contributed by atoms with Crippen molar-refractivity contribution >= 4 is 27.3 Å². The number of nitrogens with zero attached hydrogens (tertiary/aromatic N) is 2. The molecular formula is C15H26BrN3S. The van der Waals surface area contributed by atoms with E-state index in [0.29, 0.717) is 12.1 Å². The van der Waals surface area contributed by atoms with Crippen molar-refractivity contribution in [3.63, 3.8) is 0 Å². The second-order valence-electron chi connectivity index (χ2n) is 5.86. The molecule has 1 fully saturated rings. The maximum atomic E-state index is 6.35. The van der Waals surface area contributed by atoms with Crippen LogP contribution in [0, 0.1) is 0 Å². The van der Waals surface area contributed by atoms with Crippen LogP contribution in [-0.2, 0) is 0 Å². The number of hydrogen-bond donors (Lipinski definition) is 1. The van der Waals surface area contributed by atoms with Gasteiger partial charge < -0.3 is 10.6 Å². The first-order valence-electron chi connectivity index (χ1n) is 7.48. The summed E-state index contributed by atoms with van der Waals surface area (Å²) in [5.41, 5.74) is 6.35. The predicted octanol–water partition coefficient (Wildman–Crippen LogP) is 3.32. The van der Waals surface area contributed by atoms with Crippen molar-refractivity contribution in [2.75, 3.05) is 26.7 Å².